The van der Waals surface area contributed by atoms with Gasteiger partial charge in [0.05, 0.1) is 52.2 Å². The van der Waals surface area contributed by atoms with Gasteiger partial charge in [0.1, 0.15) is 17.1 Å². The van der Waals surface area contributed by atoms with Crippen molar-refractivity contribution in [3.05, 3.63) is 89.6 Å². The topological polar surface area (TPSA) is 130 Å². The average molecular weight is 618 g/mol. The molecule has 6 aromatic rings. The number of rotatable bonds is 5. The third kappa shape index (κ3) is 4.49. The Balaban J connectivity index is 1.49. The van der Waals surface area contributed by atoms with Crippen LogP contribution in [0.4, 0.5) is 5.69 Å². The van der Waals surface area contributed by atoms with Crippen molar-refractivity contribution in [2.24, 2.45) is 0 Å². The van der Waals surface area contributed by atoms with E-state index in [9.17, 15) is 18.5 Å². The Kier molecular flexibility index (Phi) is 6.42. The lowest BCUT2D eigenvalue weighted by atomic mass is 9.99. The first-order valence-corrected chi connectivity index (χ1v) is 15.9. The fourth-order valence-corrected chi connectivity index (χ4v) is 6.33. The second kappa shape index (κ2) is 10.2. The number of ether oxygens (including phenoxy) is 1. The summed E-state index contributed by atoms with van der Waals surface area (Å²) in [5.41, 5.74) is 6.71. The Labute approximate surface area is 259 Å². The first-order valence-electron chi connectivity index (χ1n) is 14.1. The van der Waals surface area contributed by atoms with Gasteiger partial charge in [-0.25, -0.2) is 8.42 Å². The molecule has 1 amide bonds. The molecule has 0 fully saturated rings. The van der Waals surface area contributed by atoms with Crippen LogP contribution in [0.25, 0.3) is 55.7 Å². The van der Waals surface area contributed by atoms with Crippen molar-refractivity contribution >= 4 is 43.5 Å². The number of anilines is 1. The highest BCUT2D eigenvalue weighted by Crippen LogP contribution is 2.44. The number of carbonyl (C=O) groups is 1. The third-order valence-electron chi connectivity index (χ3n) is 8.25. The molecule has 1 aliphatic heterocycles. The standard InChI is InChI=1S/C34H27N5O5S/c1-19-8-10-20(11-9-19)33-32(34(40)36-2)25-12-23(28(15-30(25)44-33)38(3)45(4,41)42)26-13-24-29-14-22-21(16-35)6-5-7-27(22)39(29)18-43-31(24)17-37-26/h5-15,17H,18H2,1-4H3,(H,36,40). The van der Waals surface area contributed by atoms with E-state index in [1.54, 1.807) is 31.4 Å². The number of furan rings is 1. The molecule has 0 atom stereocenters. The zero-order valence-electron chi connectivity index (χ0n) is 24.9. The number of pyridine rings is 1. The number of carbonyl (C=O) groups excluding carboxylic acids is 1. The average Bonchev–Trinajstić information content (AvgIpc) is 3.61. The molecule has 4 heterocycles. The summed E-state index contributed by atoms with van der Waals surface area (Å²) in [4.78, 5) is 18.0. The second-order valence-electron chi connectivity index (χ2n) is 11.0. The fourth-order valence-electron chi connectivity index (χ4n) is 5.82. The first kappa shape index (κ1) is 28.2. The summed E-state index contributed by atoms with van der Waals surface area (Å²) in [5.74, 6) is 0.589. The van der Waals surface area contributed by atoms with E-state index in [-0.39, 0.29) is 12.6 Å². The van der Waals surface area contributed by atoms with Crippen molar-refractivity contribution in [1.29, 1.82) is 5.26 Å². The number of aromatic nitrogens is 2. The summed E-state index contributed by atoms with van der Waals surface area (Å²) in [6.45, 7) is 2.22. The first-order chi connectivity index (χ1) is 21.6. The number of nitrogens with zero attached hydrogens (tertiary/aromatic N) is 4. The molecular weight excluding hydrogens is 590 g/mol. The van der Waals surface area contributed by atoms with E-state index in [2.05, 4.69) is 16.4 Å². The van der Waals surface area contributed by atoms with E-state index < -0.39 is 10.0 Å². The van der Waals surface area contributed by atoms with Crippen LogP contribution in [0.5, 0.6) is 5.75 Å². The minimum absolute atomic E-state index is 0.252. The maximum Gasteiger partial charge on any atom is 0.255 e. The molecule has 7 rings (SSSR count). The Morgan fingerprint density at radius 2 is 1.84 bits per heavy atom. The Hall–Kier alpha value is -5.60. The number of hydrogen-bond acceptors (Lipinski definition) is 7. The molecule has 45 heavy (non-hydrogen) atoms. The molecule has 1 aliphatic rings. The quantitative estimate of drug-likeness (QED) is 0.249. The van der Waals surface area contributed by atoms with Crippen LogP contribution in [0.15, 0.2) is 77.3 Å². The van der Waals surface area contributed by atoms with Crippen LogP contribution >= 0.6 is 0 Å². The van der Waals surface area contributed by atoms with Crippen molar-refractivity contribution in [2.45, 2.75) is 13.7 Å². The molecule has 10 nitrogen and oxygen atoms in total. The number of nitriles is 1. The van der Waals surface area contributed by atoms with E-state index in [0.29, 0.717) is 56.1 Å². The number of sulfonamides is 1. The van der Waals surface area contributed by atoms with E-state index >= 15 is 0 Å². The smallest absolute Gasteiger partial charge is 0.255 e. The van der Waals surface area contributed by atoms with Gasteiger partial charge in [0.15, 0.2) is 6.73 Å². The largest absolute Gasteiger partial charge is 0.470 e. The van der Waals surface area contributed by atoms with Crippen molar-refractivity contribution in [3.8, 4) is 45.7 Å². The van der Waals surface area contributed by atoms with Gasteiger partial charge in [-0.3, -0.25) is 14.1 Å². The number of amides is 1. The number of aryl methyl sites for hydroxylation is 1. The highest BCUT2D eigenvalue weighted by molar-refractivity contribution is 7.92. The van der Waals surface area contributed by atoms with Crippen molar-refractivity contribution in [3.63, 3.8) is 0 Å². The van der Waals surface area contributed by atoms with Gasteiger partial charge in [0, 0.05) is 47.6 Å². The normalized spacial score (nSPS) is 12.3. The summed E-state index contributed by atoms with van der Waals surface area (Å²) in [6, 6.07) is 22.6. The van der Waals surface area contributed by atoms with E-state index in [0.717, 1.165) is 34.0 Å². The van der Waals surface area contributed by atoms with E-state index in [4.69, 9.17) is 9.15 Å². The fraction of sp³-hybridized carbons (Fsp3) is 0.147. The molecule has 11 heteroatoms. The zero-order chi connectivity index (χ0) is 31.6. The van der Waals surface area contributed by atoms with E-state index in [1.807, 2.05) is 60.0 Å². The van der Waals surface area contributed by atoms with Gasteiger partial charge < -0.3 is 19.0 Å². The molecule has 0 saturated heterocycles. The minimum Gasteiger partial charge on any atom is -0.470 e. The number of benzene rings is 3. The molecule has 3 aromatic carbocycles. The van der Waals surface area contributed by atoms with Gasteiger partial charge in [-0.2, -0.15) is 5.26 Å². The van der Waals surface area contributed by atoms with Crippen LogP contribution in [-0.2, 0) is 16.8 Å². The van der Waals surface area contributed by atoms with Crippen LogP contribution in [-0.4, -0.2) is 44.2 Å². The molecule has 0 spiro atoms. The summed E-state index contributed by atoms with van der Waals surface area (Å²) >= 11 is 0. The predicted octanol–water partition coefficient (Wildman–Crippen LogP) is 6.07. The monoisotopic (exact) mass is 617 g/mol. The summed E-state index contributed by atoms with van der Waals surface area (Å²) in [5, 5.41) is 13.7. The Morgan fingerprint density at radius 3 is 2.56 bits per heavy atom. The van der Waals surface area contributed by atoms with Gasteiger partial charge in [0.2, 0.25) is 10.0 Å². The van der Waals surface area contributed by atoms with Gasteiger partial charge in [-0.05, 0) is 37.3 Å². The number of hydrogen-bond donors (Lipinski definition) is 1. The number of fused-ring (bicyclic) bond motifs is 6. The molecule has 224 valence electrons. The molecule has 0 saturated carbocycles. The maximum absolute atomic E-state index is 13.3. The minimum atomic E-state index is -3.70. The lowest BCUT2D eigenvalue weighted by Crippen LogP contribution is -2.25. The van der Waals surface area contributed by atoms with E-state index in [1.165, 1.54) is 11.4 Å². The summed E-state index contributed by atoms with van der Waals surface area (Å²) in [6.07, 6.45) is 2.73. The van der Waals surface area contributed by atoms with Crippen molar-refractivity contribution in [1.82, 2.24) is 14.9 Å². The SMILES string of the molecule is CNC(=O)c1c(-c2ccc(C)cc2)oc2cc(N(C)S(C)(=O)=O)c(-c3cc4c(cn3)OCn3c-4cc4c(C#N)cccc43)cc12. The lowest BCUT2D eigenvalue weighted by molar-refractivity contribution is 0.0964. The lowest BCUT2D eigenvalue weighted by Gasteiger charge is -2.23. The van der Waals surface area contributed by atoms with Gasteiger partial charge in [-0.1, -0.05) is 35.9 Å². The third-order valence-corrected chi connectivity index (χ3v) is 9.44. The zero-order valence-corrected chi connectivity index (χ0v) is 25.7. The van der Waals surface area contributed by atoms with Gasteiger partial charge >= 0.3 is 0 Å². The molecule has 1 N–H and O–H groups in total. The van der Waals surface area contributed by atoms with Gasteiger partial charge in [-0.15, -0.1) is 0 Å². The summed E-state index contributed by atoms with van der Waals surface area (Å²) < 4.78 is 41.2. The predicted molar refractivity (Wildman–Crippen MR) is 173 cm³/mol. The molecule has 0 aliphatic carbocycles. The van der Waals surface area contributed by atoms with Crippen LogP contribution < -0.4 is 14.4 Å². The van der Waals surface area contributed by atoms with Crippen LogP contribution in [0.1, 0.15) is 21.5 Å². The second-order valence-corrected chi connectivity index (χ2v) is 13.0. The molecule has 0 unspecified atom stereocenters. The maximum atomic E-state index is 13.3. The molecular formula is C34H27N5O5S. The summed E-state index contributed by atoms with van der Waals surface area (Å²) in [7, 11) is -0.687. The van der Waals surface area contributed by atoms with Crippen molar-refractivity contribution < 1.29 is 22.4 Å². The molecule has 0 bridgehead atoms. The highest BCUT2D eigenvalue weighted by Gasteiger charge is 2.28. The molecule has 0 radical (unpaired) electrons. The van der Waals surface area contributed by atoms with Crippen LogP contribution in [0.2, 0.25) is 0 Å². The van der Waals surface area contributed by atoms with Crippen LogP contribution in [0.3, 0.4) is 0 Å². The Morgan fingerprint density at radius 1 is 1.07 bits per heavy atom. The van der Waals surface area contributed by atoms with Crippen molar-refractivity contribution in [2.75, 3.05) is 24.7 Å². The Bertz CT molecular complexity index is 2350. The van der Waals surface area contributed by atoms with Gasteiger partial charge in [0.25, 0.3) is 5.91 Å². The number of nitrogens with one attached hydrogen (secondary N) is 1. The highest BCUT2D eigenvalue weighted by atomic mass is 32.2. The van der Waals surface area contributed by atoms with Crippen LogP contribution in [0, 0.1) is 18.3 Å². The molecule has 3 aromatic heterocycles.